The molecule has 8 nitrogen and oxygen atoms in total. The van der Waals surface area contributed by atoms with Crippen LogP contribution in [0.15, 0.2) is 47.6 Å². The maximum atomic E-state index is 11.9. The number of carbonyl (C=O) groups is 2. The molecule has 1 aliphatic heterocycles. The molecule has 140 valence electrons. The molecule has 0 atom stereocenters. The van der Waals surface area contributed by atoms with E-state index in [0.717, 1.165) is 5.56 Å². The zero-order valence-electron chi connectivity index (χ0n) is 14.7. The Morgan fingerprint density at radius 1 is 1.15 bits per heavy atom. The van der Waals surface area contributed by atoms with Gasteiger partial charge in [0.15, 0.2) is 11.5 Å². The molecule has 0 bridgehead atoms. The summed E-state index contributed by atoms with van der Waals surface area (Å²) in [5.74, 6) is 0.266. The normalized spacial score (nSPS) is 12.0. The lowest BCUT2D eigenvalue weighted by molar-refractivity contribution is -0.139. The van der Waals surface area contributed by atoms with Crippen LogP contribution in [0.3, 0.4) is 0 Å². The summed E-state index contributed by atoms with van der Waals surface area (Å²) in [5.41, 5.74) is 3.68. The Kier molecular flexibility index (Phi) is 5.88. The van der Waals surface area contributed by atoms with Crippen molar-refractivity contribution in [3.05, 3.63) is 53.6 Å². The van der Waals surface area contributed by atoms with E-state index in [2.05, 4.69) is 15.8 Å². The van der Waals surface area contributed by atoms with Crippen LogP contribution in [0.5, 0.6) is 17.2 Å². The van der Waals surface area contributed by atoms with Crippen molar-refractivity contribution in [2.24, 2.45) is 5.10 Å². The largest absolute Gasteiger partial charge is 0.493 e. The fraction of sp³-hybridized carbons (Fsp3) is 0.211. The second-order valence-corrected chi connectivity index (χ2v) is 5.54. The maximum Gasteiger partial charge on any atom is 0.329 e. The number of amides is 2. The van der Waals surface area contributed by atoms with Gasteiger partial charge in [-0.05, 0) is 36.8 Å². The number of para-hydroxylation sites is 1. The minimum atomic E-state index is -0.860. The average Bonchev–Trinajstić information content (AvgIpc) is 3.15. The first-order valence-electron chi connectivity index (χ1n) is 8.39. The van der Waals surface area contributed by atoms with E-state index in [1.54, 1.807) is 30.3 Å². The van der Waals surface area contributed by atoms with Crippen molar-refractivity contribution < 1.29 is 23.8 Å². The van der Waals surface area contributed by atoms with Crippen LogP contribution in [-0.2, 0) is 16.1 Å². The van der Waals surface area contributed by atoms with Crippen LogP contribution in [0.1, 0.15) is 18.1 Å². The van der Waals surface area contributed by atoms with E-state index in [1.807, 2.05) is 19.1 Å². The zero-order chi connectivity index (χ0) is 19.1. The molecule has 8 heteroatoms. The van der Waals surface area contributed by atoms with Crippen LogP contribution in [0, 0.1) is 0 Å². The Morgan fingerprint density at radius 3 is 2.81 bits per heavy atom. The van der Waals surface area contributed by atoms with Crippen LogP contribution >= 0.6 is 0 Å². The Labute approximate surface area is 156 Å². The fourth-order valence-corrected chi connectivity index (χ4v) is 2.40. The van der Waals surface area contributed by atoms with E-state index < -0.39 is 11.8 Å². The van der Waals surface area contributed by atoms with Crippen LogP contribution in [0.4, 0.5) is 0 Å². The van der Waals surface area contributed by atoms with Crippen molar-refractivity contribution in [2.45, 2.75) is 13.5 Å². The SMILES string of the molecule is CCOc1ccccc1/C=N\NC(=O)C(=O)NCc1ccc2c(c1)OCO2. The molecule has 0 fully saturated rings. The van der Waals surface area contributed by atoms with Crippen molar-refractivity contribution in [3.63, 3.8) is 0 Å². The second-order valence-electron chi connectivity index (χ2n) is 5.54. The molecule has 0 saturated heterocycles. The van der Waals surface area contributed by atoms with Gasteiger partial charge in [-0.2, -0.15) is 5.10 Å². The average molecular weight is 369 g/mol. The number of nitrogens with zero attached hydrogens (tertiary/aromatic N) is 1. The Balaban J connectivity index is 1.50. The predicted molar refractivity (Wildman–Crippen MR) is 97.8 cm³/mol. The number of ether oxygens (including phenoxy) is 3. The molecule has 2 aromatic rings. The molecule has 2 aromatic carbocycles. The van der Waals surface area contributed by atoms with Gasteiger partial charge in [0.25, 0.3) is 0 Å². The van der Waals surface area contributed by atoms with Crippen molar-refractivity contribution in [2.75, 3.05) is 13.4 Å². The van der Waals surface area contributed by atoms with Gasteiger partial charge in [-0.15, -0.1) is 0 Å². The van der Waals surface area contributed by atoms with Gasteiger partial charge in [0.05, 0.1) is 12.8 Å². The number of hydrogen-bond donors (Lipinski definition) is 2. The van der Waals surface area contributed by atoms with Gasteiger partial charge in [0, 0.05) is 12.1 Å². The third-order valence-electron chi connectivity index (χ3n) is 3.68. The first-order valence-corrected chi connectivity index (χ1v) is 8.39. The molecule has 0 unspecified atom stereocenters. The van der Waals surface area contributed by atoms with Crippen LogP contribution < -0.4 is 25.0 Å². The smallest absolute Gasteiger partial charge is 0.329 e. The lowest BCUT2D eigenvalue weighted by atomic mass is 10.2. The van der Waals surface area contributed by atoms with Gasteiger partial charge in [-0.1, -0.05) is 18.2 Å². The van der Waals surface area contributed by atoms with Crippen LogP contribution in [0.2, 0.25) is 0 Å². The monoisotopic (exact) mass is 369 g/mol. The summed E-state index contributed by atoms with van der Waals surface area (Å²) in [7, 11) is 0. The maximum absolute atomic E-state index is 11.9. The molecule has 0 saturated carbocycles. The molecule has 2 N–H and O–H groups in total. The van der Waals surface area contributed by atoms with Gasteiger partial charge in [-0.3, -0.25) is 9.59 Å². The summed E-state index contributed by atoms with van der Waals surface area (Å²) in [5, 5.41) is 6.33. The summed E-state index contributed by atoms with van der Waals surface area (Å²) >= 11 is 0. The van der Waals surface area contributed by atoms with E-state index in [9.17, 15) is 9.59 Å². The second kappa shape index (κ2) is 8.70. The van der Waals surface area contributed by atoms with E-state index >= 15 is 0 Å². The first-order chi connectivity index (χ1) is 13.2. The molecule has 0 aromatic heterocycles. The summed E-state index contributed by atoms with van der Waals surface area (Å²) in [4.78, 5) is 23.7. The standard InChI is InChI=1S/C19H19N3O5/c1-2-25-15-6-4-3-5-14(15)11-21-22-19(24)18(23)20-10-13-7-8-16-17(9-13)27-12-26-16/h3-9,11H,2,10,12H2,1H3,(H,20,23)(H,22,24)/b21-11-. The summed E-state index contributed by atoms with van der Waals surface area (Å²) in [6.07, 6.45) is 1.42. The summed E-state index contributed by atoms with van der Waals surface area (Å²) in [6.45, 7) is 2.75. The van der Waals surface area contributed by atoms with E-state index in [0.29, 0.717) is 29.4 Å². The topological polar surface area (TPSA) is 98.2 Å². The van der Waals surface area contributed by atoms with Crippen molar-refractivity contribution >= 4 is 18.0 Å². The summed E-state index contributed by atoms with van der Waals surface area (Å²) < 4.78 is 16.0. The minimum absolute atomic E-state index is 0.179. The number of hydrogen-bond acceptors (Lipinski definition) is 6. The number of fused-ring (bicyclic) bond motifs is 1. The highest BCUT2D eigenvalue weighted by Gasteiger charge is 2.15. The van der Waals surface area contributed by atoms with Crippen LogP contribution in [-0.4, -0.2) is 31.4 Å². The quantitative estimate of drug-likeness (QED) is 0.458. The molecule has 1 heterocycles. The first kappa shape index (κ1) is 18.2. The van der Waals surface area contributed by atoms with Gasteiger partial charge >= 0.3 is 11.8 Å². The molecule has 27 heavy (non-hydrogen) atoms. The third kappa shape index (κ3) is 4.75. The third-order valence-corrected chi connectivity index (χ3v) is 3.68. The zero-order valence-corrected chi connectivity index (χ0v) is 14.7. The van der Waals surface area contributed by atoms with E-state index in [4.69, 9.17) is 14.2 Å². The Hall–Kier alpha value is -3.55. The minimum Gasteiger partial charge on any atom is -0.493 e. The summed E-state index contributed by atoms with van der Waals surface area (Å²) in [6, 6.07) is 12.5. The molecule has 0 aliphatic carbocycles. The predicted octanol–water partition coefficient (Wildman–Crippen LogP) is 1.58. The Bertz CT molecular complexity index is 866. The Morgan fingerprint density at radius 2 is 1.96 bits per heavy atom. The molecule has 2 amide bonds. The molecule has 0 radical (unpaired) electrons. The lowest BCUT2D eigenvalue weighted by Crippen LogP contribution is -2.37. The lowest BCUT2D eigenvalue weighted by Gasteiger charge is -2.06. The highest BCUT2D eigenvalue weighted by molar-refractivity contribution is 6.35. The molecular formula is C19H19N3O5. The van der Waals surface area contributed by atoms with E-state index in [1.165, 1.54) is 6.21 Å². The van der Waals surface area contributed by atoms with Gasteiger partial charge < -0.3 is 19.5 Å². The fourth-order valence-electron chi connectivity index (χ4n) is 2.40. The van der Waals surface area contributed by atoms with Crippen molar-refractivity contribution in [3.8, 4) is 17.2 Å². The number of nitrogens with one attached hydrogen (secondary N) is 2. The highest BCUT2D eigenvalue weighted by Crippen LogP contribution is 2.32. The van der Waals surface area contributed by atoms with E-state index in [-0.39, 0.29) is 13.3 Å². The van der Waals surface area contributed by atoms with Crippen LogP contribution in [0.25, 0.3) is 0 Å². The van der Waals surface area contributed by atoms with Gasteiger partial charge in [0.2, 0.25) is 6.79 Å². The highest BCUT2D eigenvalue weighted by atomic mass is 16.7. The molecule has 1 aliphatic rings. The van der Waals surface area contributed by atoms with Gasteiger partial charge in [-0.25, -0.2) is 5.43 Å². The number of rotatable bonds is 6. The number of hydrazone groups is 1. The molecular weight excluding hydrogens is 350 g/mol. The van der Waals surface area contributed by atoms with Crippen molar-refractivity contribution in [1.29, 1.82) is 0 Å². The van der Waals surface area contributed by atoms with Gasteiger partial charge in [0.1, 0.15) is 5.75 Å². The molecule has 0 spiro atoms. The molecule has 3 rings (SSSR count). The number of carbonyl (C=O) groups excluding carboxylic acids is 2. The number of benzene rings is 2. The van der Waals surface area contributed by atoms with Crippen molar-refractivity contribution in [1.82, 2.24) is 10.7 Å².